The zero-order valence-corrected chi connectivity index (χ0v) is 17.2. The molecular formula is C21H21F2N3O3S. The highest BCUT2D eigenvalue weighted by atomic mass is 32.2. The number of nitrogens with one attached hydrogen (secondary N) is 2. The molecule has 3 aromatic rings. The van der Waals surface area contributed by atoms with Gasteiger partial charge in [0.05, 0.1) is 17.0 Å². The van der Waals surface area contributed by atoms with Crippen LogP contribution in [0.2, 0.25) is 0 Å². The smallest absolute Gasteiger partial charge is 0.232 e. The molecule has 0 saturated heterocycles. The van der Waals surface area contributed by atoms with Crippen LogP contribution in [0.25, 0.3) is 11.0 Å². The Balaban J connectivity index is 1.62. The average Bonchev–Trinajstić information content (AvgIpc) is 3.43. The Morgan fingerprint density at radius 3 is 2.77 bits per heavy atom. The van der Waals surface area contributed by atoms with Crippen LogP contribution in [0.3, 0.4) is 0 Å². The highest BCUT2D eigenvalue weighted by molar-refractivity contribution is 7.92. The molecule has 1 aliphatic rings. The molecule has 0 bridgehead atoms. The molecule has 1 fully saturated rings. The van der Waals surface area contributed by atoms with Crippen LogP contribution >= 0.6 is 0 Å². The number of H-pyrrole nitrogens is 1. The minimum atomic E-state index is -3.78. The van der Waals surface area contributed by atoms with Gasteiger partial charge in [0.15, 0.2) is 11.6 Å². The second kappa shape index (κ2) is 7.79. The number of ketones is 1. The van der Waals surface area contributed by atoms with Crippen LogP contribution in [-0.4, -0.2) is 29.9 Å². The number of sulfonamides is 1. The number of nitrogens with zero attached hydrogens (tertiary/aromatic N) is 1. The van der Waals surface area contributed by atoms with E-state index < -0.39 is 38.7 Å². The molecule has 158 valence electrons. The summed E-state index contributed by atoms with van der Waals surface area (Å²) >= 11 is 0. The summed E-state index contributed by atoms with van der Waals surface area (Å²) < 4.78 is 55.1. The maximum atomic E-state index is 14.8. The molecule has 0 radical (unpaired) electrons. The van der Waals surface area contributed by atoms with Crippen molar-refractivity contribution in [3.8, 4) is 0 Å². The molecule has 1 saturated carbocycles. The number of benzene rings is 1. The van der Waals surface area contributed by atoms with E-state index in [2.05, 4.69) is 14.7 Å². The number of carbonyl (C=O) groups excluding carboxylic acids is 1. The largest absolute Gasteiger partial charge is 0.346 e. The standard InChI is InChI=1S/C21H21F2N3O3S/c1-2-7-30(28,29)26-17-6-5-16(22)19(20(17)23)18(27)9-12-8-14-15(13-3-4-13)11-25-21(14)24-10-12/h5-6,8,10-11,13,26H,2-4,7,9H2,1H3,(H,24,25). The van der Waals surface area contributed by atoms with Crippen molar-refractivity contribution in [2.45, 2.75) is 38.5 Å². The number of anilines is 1. The Hall–Kier alpha value is -2.81. The molecule has 4 rings (SSSR count). The summed E-state index contributed by atoms with van der Waals surface area (Å²) in [5.41, 5.74) is 1.17. The van der Waals surface area contributed by atoms with Crippen molar-refractivity contribution in [1.82, 2.24) is 9.97 Å². The number of aromatic nitrogens is 2. The fraction of sp³-hybridized carbons (Fsp3) is 0.333. The van der Waals surface area contributed by atoms with Gasteiger partial charge >= 0.3 is 0 Å². The van der Waals surface area contributed by atoms with Gasteiger partial charge in [-0.1, -0.05) is 6.92 Å². The lowest BCUT2D eigenvalue weighted by atomic mass is 10.0. The first-order valence-electron chi connectivity index (χ1n) is 9.76. The first-order chi connectivity index (χ1) is 14.3. The van der Waals surface area contributed by atoms with Gasteiger partial charge in [-0.25, -0.2) is 22.2 Å². The van der Waals surface area contributed by atoms with Crippen LogP contribution in [0.15, 0.2) is 30.6 Å². The SMILES string of the molecule is CCCS(=O)(=O)Nc1ccc(F)c(C(=O)Cc2cnc3[nH]cc(C4CC4)c3c2)c1F. The second-order valence-corrected chi connectivity index (χ2v) is 9.40. The molecule has 0 spiro atoms. The molecule has 30 heavy (non-hydrogen) atoms. The van der Waals surface area contributed by atoms with E-state index in [4.69, 9.17) is 0 Å². The van der Waals surface area contributed by atoms with Gasteiger partial charge in [0.1, 0.15) is 11.5 Å². The molecular weight excluding hydrogens is 412 g/mol. The summed E-state index contributed by atoms with van der Waals surface area (Å²) in [4.78, 5) is 20.1. The van der Waals surface area contributed by atoms with Crippen molar-refractivity contribution >= 4 is 32.5 Å². The third kappa shape index (κ3) is 4.07. The Bertz CT molecular complexity index is 1230. The van der Waals surface area contributed by atoms with Crippen LogP contribution in [0.4, 0.5) is 14.5 Å². The molecule has 2 aromatic heterocycles. The maximum absolute atomic E-state index is 14.8. The van der Waals surface area contributed by atoms with Crippen LogP contribution in [0, 0.1) is 11.6 Å². The van der Waals surface area contributed by atoms with Gasteiger partial charge < -0.3 is 4.98 Å². The van der Waals surface area contributed by atoms with E-state index in [1.807, 2.05) is 12.3 Å². The minimum absolute atomic E-state index is 0.210. The van der Waals surface area contributed by atoms with Crippen molar-refractivity contribution < 1.29 is 22.0 Å². The molecule has 2 heterocycles. The van der Waals surface area contributed by atoms with Crippen LogP contribution in [0.5, 0.6) is 0 Å². The van der Waals surface area contributed by atoms with Crippen molar-refractivity contribution in [1.29, 1.82) is 0 Å². The van der Waals surface area contributed by atoms with Crippen LogP contribution in [-0.2, 0) is 16.4 Å². The fourth-order valence-electron chi connectivity index (χ4n) is 3.54. The van der Waals surface area contributed by atoms with Gasteiger partial charge in [-0.15, -0.1) is 0 Å². The van der Waals surface area contributed by atoms with E-state index in [-0.39, 0.29) is 12.2 Å². The lowest BCUT2D eigenvalue weighted by Crippen LogP contribution is -2.19. The van der Waals surface area contributed by atoms with Crippen molar-refractivity contribution in [3.63, 3.8) is 0 Å². The Morgan fingerprint density at radius 2 is 2.07 bits per heavy atom. The molecule has 1 aromatic carbocycles. The molecule has 1 aliphatic carbocycles. The van der Waals surface area contributed by atoms with Gasteiger partial charge in [0.25, 0.3) is 0 Å². The number of rotatable bonds is 8. The first kappa shape index (κ1) is 20.5. The molecule has 2 N–H and O–H groups in total. The van der Waals surface area contributed by atoms with Gasteiger partial charge in [0, 0.05) is 24.2 Å². The number of halogens is 2. The Kier molecular flexibility index (Phi) is 5.31. The van der Waals surface area contributed by atoms with E-state index in [9.17, 15) is 22.0 Å². The minimum Gasteiger partial charge on any atom is -0.346 e. The third-order valence-corrected chi connectivity index (χ3v) is 6.59. The summed E-state index contributed by atoms with van der Waals surface area (Å²) in [6, 6.07) is 3.68. The van der Waals surface area contributed by atoms with Gasteiger partial charge in [-0.05, 0) is 54.5 Å². The number of Topliss-reactive ketones (excluding diaryl/α,β-unsaturated/α-hetero) is 1. The average molecular weight is 433 g/mol. The van der Waals surface area contributed by atoms with Crippen molar-refractivity contribution in [3.05, 3.63) is 58.9 Å². The highest BCUT2D eigenvalue weighted by Gasteiger charge is 2.27. The normalized spacial score (nSPS) is 14.2. The zero-order valence-electron chi connectivity index (χ0n) is 16.3. The Labute approximate surface area is 172 Å². The van der Waals surface area contributed by atoms with E-state index in [0.29, 0.717) is 23.5 Å². The number of pyridine rings is 1. The number of carbonyl (C=O) groups is 1. The molecule has 0 amide bonds. The summed E-state index contributed by atoms with van der Waals surface area (Å²) in [5.74, 6) is -2.77. The lowest BCUT2D eigenvalue weighted by Gasteiger charge is -2.11. The van der Waals surface area contributed by atoms with E-state index in [1.54, 1.807) is 6.92 Å². The summed E-state index contributed by atoms with van der Waals surface area (Å²) in [5, 5.41) is 0.907. The molecule has 9 heteroatoms. The molecule has 6 nitrogen and oxygen atoms in total. The lowest BCUT2D eigenvalue weighted by molar-refractivity contribution is 0.0985. The summed E-state index contributed by atoms with van der Waals surface area (Å²) in [7, 11) is -3.78. The van der Waals surface area contributed by atoms with Crippen molar-refractivity contribution in [2.24, 2.45) is 0 Å². The van der Waals surface area contributed by atoms with Gasteiger partial charge in [-0.2, -0.15) is 0 Å². The molecule has 0 unspecified atom stereocenters. The number of aromatic amines is 1. The topological polar surface area (TPSA) is 91.9 Å². The van der Waals surface area contributed by atoms with E-state index >= 15 is 0 Å². The summed E-state index contributed by atoms with van der Waals surface area (Å²) in [6.45, 7) is 1.67. The first-order valence-corrected chi connectivity index (χ1v) is 11.4. The number of fused-ring (bicyclic) bond motifs is 1. The zero-order chi connectivity index (χ0) is 21.5. The second-order valence-electron chi connectivity index (χ2n) is 7.56. The van der Waals surface area contributed by atoms with Crippen molar-refractivity contribution in [2.75, 3.05) is 10.5 Å². The molecule has 0 aliphatic heterocycles. The van der Waals surface area contributed by atoms with Gasteiger partial charge in [-0.3, -0.25) is 9.52 Å². The number of hydrogen-bond acceptors (Lipinski definition) is 4. The third-order valence-electron chi connectivity index (χ3n) is 5.11. The molecule has 0 atom stereocenters. The highest BCUT2D eigenvalue weighted by Crippen LogP contribution is 2.43. The summed E-state index contributed by atoms with van der Waals surface area (Å²) in [6.07, 6.45) is 5.70. The predicted molar refractivity (Wildman–Crippen MR) is 110 cm³/mol. The van der Waals surface area contributed by atoms with E-state index in [1.165, 1.54) is 6.20 Å². The van der Waals surface area contributed by atoms with E-state index in [0.717, 1.165) is 35.9 Å². The maximum Gasteiger partial charge on any atom is 0.232 e. The monoisotopic (exact) mass is 433 g/mol. The Morgan fingerprint density at radius 1 is 1.30 bits per heavy atom. The van der Waals surface area contributed by atoms with Gasteiger partial charge in [0.2, 0.25) is 10.0 Å². The van der Waals surface area contributed by atoms with Crippen LogP contribution in [0.1, 0.15) is 53.6 Å². The quantitative estimate of drug-likeness (QED) is 0.518. The predicted octanol–water partition coefficient (Wildman–Crippen LogP) is 4.30. The van der Waals surface area contributed by atoms with Crippen LogP contribution < -0.4 is 4.72 Å². The number of hydrogen-bond donors (Lipinski definition) is 2. The fourth-order valence-corrected chi connectivity index (χ4v) is 4.68.